The SMILES string of the molecule is NC1(CC2CO2)CC=CC2=C1C(=O)c1ccccc1C2=O. The van der Waals surface area contributed by atoms with Crippen LogP contribution in [0, 0.1) is 0 Å². The zero-order chi connectivity index (χ0) is 14.6. The monoisotopic (exact) mass is 281 g/mol. The first-order chi connectivity index (χ1) is 10.1. The van der Waals surface area contributed by atoms with E-state index < -0.39 is 5.54 Å². The molecule has 3 aliphatic rings. The Morgan fingerprint density at radius 2 is 1.86 bits per heavy atom. The number of nitrogens with two attached hydrogens (primary N) is 1. The molecule has 0 saturated carbocycles. The first-order valence-corrected chi connectivity index (χ1v) is 7.10. The third-order valence-electron chi connectivity index (χ3n) is 4.42. The lowest BCUT2D eigenvalue weighted by Gasteiger charge is -2.36. The number of Topliss-reactive ketones (excluding diaryl/α,β-unsaturated/α-hetero) is 2. The molecule has 0 amide bonds. The maximum absolute atomic E-state index is 12.8. The fourth-order valence-corrected chi connectivity index (χ4v) is 3.31. The number of ether oxygens (including phenoxy) is 1. The maximum atomic E-state index is 12.8. The molecule has 0 bridgehead atoms. The van der Waals surface area contributed by atoms with E-state index in [1.54, 1.807) is 30.3 Å². The molecule has 0 spiro atoms. The first kappa shape index (κ1) is 12.7. The Morgan fingerprint density at radius 3 is 2.52 bits per heavy atom. The lowest BCUT2D eigenvalue weighted by atomic mass is 9.70. The molecule has 4 nitrogen and oxygen atoms in total. The Morgan fingerprint density at radius 1 is 1.19 bits per heavy atom. The molecule has 1 aromatic carbocycles. The summed E-state index contributed by atoms with van der Waals surface area (Å²) < 4.78 is 5.26. The van der Waals surface area contributed by atoms with Crippen LogP contribution in [0.1, 0.15) is 33.6 Å². The second-order valence-electron chi connectivity index (χ2n) is 5.91. The zero-order valence-electron chi connectivity index (χ0n) is 11.5. The number of rotatable bonds is 2. The largest absolute Gasteiger partial charge is 0.373 e. The van der Waals surface area contributed by atoms with Crippen molar-refractivity contribution in [3.8, 4) is 0 Å². The standard InChI is InChI=1S/C17H15NO3/c18-17(8-10-9-21-10)7-3-6-13-14(17)16(20)12-5-2-1-4-11(12)15(13)19/h1-6,10H,7-9,18H2. The summed E-state index contributed by atoms with van der Waals surface area (Å²) >= 11 is 0. The van der Waals surface area contributed by atoms with Gasteiger partial charge in [0.25, 0.3) is 0 Å². The van der Waals surface area contributed by atoms with Crippen LogP contribution < -0.4 is 5.73 Å². The molecule has 2 atom stereocenters. The Labute approximate surface area is 122 Å². The van der Waals surface area contributed by atoms with Crippen molar-refractivity contribution in [2.75, 3.05) is 6.61 Å². The van der Waals surface area contributed by atoms with Gasteiger partial charge in [0.2, 0.25) is 0 Å². The lowest BCUT2D eigenvalue weighted by molar-refractivity contribution is 0.0960. The molecule has 0 aromatic heterocycles. The summed E-state index contributed by atoms with van der Waals surface area (Å²) in [6, 6.07) is 6.95. The quantitative estimate of drug-likeness (QED) is 0.839. The molecule has 2 N–H and O–H groups in total. The van der Waals surface area contributed by atoms with Gasteiger partial charge in [-0.2, -0.15) is 0 Å². The number of hydrogen-bond donors (Lipinski definition) is 1. The highest BCUT2D eigenvalue weighted by atomic mass is 16.6. The van der Waals surface area contributed by atoms with E-state index in [0.717, 1.165) is 0 Å². The Hall–Kier alpha value is -2.04. The van der Waals surface area contributed by atoms with E-state index in [4.69, 9.17) is 10.5 Å². The molecule has 0 radical (unpaired) electrons. The number of hydrogen-bond acceptors (Lipinski definition) is 4. The van der Waals surface area contributed by atoms with Gasteiger partial charge in [-0.1, -0.05) is 36.4 Å². The van der Waals surface area contributed by atoms with Crippen LogP contribution in [-0.4, -0.2) is 29.8 Å². The summed E-state index contributed by atoms with van der Waals surface area (Å²) in [6.07, 6.45) is 4.88. The van der Waals surface area contributed by atoms with Crippen LogP contribution in [0.2, 0.25) is 0 Å². The molecule has 106 valence electrons. The van der Waals surface area contributed by atoms with Crippen LogP contribution in [0.15, 0.2) is 47.6 Å². The second-order valence-corrected chi connectivity index (χ2v) is 5.91. The summed E-state index contributed by atoms with van der Waals surface area (Å²) in [5, 5.41) is 0. The van der Waals surface area contributed by atoms with Crippen molar-refractivity contribution in [1.29, 1.82) is 0 Å². The van der Waals surface area contributed by atoms with Crippen molar-refractivity contribution in [2.24, 2.45) is 5.73 Å². The molecule has 2 aliphatic carbocycles. The molecule has 21 heavy (non-hydrogen) atoms. The number of carbonyl (C=O) groups is 2. The number of epoxide rings is 1. The lowest BCUT2D eigenvalue weighted by Crippen LogP contribution is -2.49. The molecule has 1 aliphatic heterocycles. The minimum Gasteiger partial charge on any atom is -0.373 e. The molecule has 2 unspecified atom stereocenters. The highest BCUT2D eigenvalue weighted by molar-refractivity contribution is 6.28. The van der Waals surface area contributed by atoms with Crippen molar-refractivity contribution in [3.05, 3.63) is 58.7 Å². The summed E-state index contributed by atoms with van der Waals surface area (Å²) in [5.41, 5.74) is 7.55. The van der Waals surface area contributed by atoms with Crippen molar-refractivity contribution in [3.63, 3.8) is 0 Å². The summed E-state index contributed by atoms with van der Waals surface area (Å²) in [4.78, 5) is 25.5. The van der Waals surface area contributed by atoms with Gasteiger partial charge in [0.15, 0.2) is 11.6 Å². The molecule has 4 heteroatoms. The minimum atomic E-state index is -0.800. The molecule has 4 rings (SSSR count). The van der Waals surface area contributed by atoms with Crippen molar-refractivity contribution in [2.45, 2.75) is 24.5 Å². The van der Waals surface area contributed by atoms with Gasteiger partial charge in [-0.05, 0) is 12.8 Å². The fourth-order valence-electron chi connectivity index (χ4n) is 3.31. The van der Waals surface area contributed by atoms with Gasteiger partial charge < -0.3 is 10.5 Å². The molecule has 1 saturated heterocycles. The van der Waals surface area contributed by atoms with Crippen molar-refractivity contribution < 1.29 is 14.3 Å². The Balaban J connectivity index is 1.88. The number of allylic oxidation sites excluding steroid dienone is 2. The molecular formula is C17H15NO3. The Kier molecular flexibility index (Phi) is 2.55. The fraction of sp³-hybridized carbons (Fsp3) is 0.294. The second kappa shape index (κ2) is 4.23. The minimum absolute atomic E-state index is 0.107. The zero-order valence-corrected chi connectivity index (χ0v) is 11.5. The van der Waals surface area contributed by atoms with E-state index in [9.17, 15) is 9.59 Å². The molecule has 1 heterocycles. The van der Waals surface area contributed by atoms with Crippen molar-refractivity contribution >= 4 is 11.6 Å². The van der Waals surface area contributed by atoms with E-state index in [1.165, 1.54) is 0 Å². The number of fused-ring (bicyclic) bond motifs is 1. The summed E-state index contributed by atoms with van der Waals surface area (Å²) in [5.74, 6) is -0.226. The third-order valence-corrected chi connectivity index (χ3v) is 4.42. The van der Waals surface area contributed by atoms with Crippen LogP contribution in [0.3, 0.4) is 0 Å². The molecular weight excluding hydrogens is 266 g/mol. The van der Waals surface area contributed by atoms with Gasteiger partial charge in [-0.15, -0.1) is 0 Å². The average Bonchev–Trinajstić information content (AvgIpc) is 3.28. The number of carbonyl (C=O) groups excluding carboxylic acids is 2. The third kappa shape index (κ3) is 1.83. The predicted octanol–water partition coefficient (Wildman–Crippen LogP) is 1.81. The first-order valence-electron chi connectivity index (χ1n) is 7.10. The van der Waals surface area contributed by atoms with Crippen LogP contribution in [0.25, 0.3) is 0 Å². The van der Waals surface area contributed by atoms with E-state index in [1.807, 2.05) is 6.08 Å². The average molecular weight is 281 g/mol. The van der Waals surface area contributed by atoms with Gasteiger partial charge in [0, 0.05) is 22.3 Å². The van der Waals surface area contributed by atoms with Gasteiger partial charge in [-0.25, -0.2) is 0 Å². The molecule has 1 fully saturated rings. The van der Waals surface area contributed by atoms with Crippen molar-refractivity contribution in [1.82, 2.24) is 0 Å². The number of ketones is 2. The van der Waals surface area contributed by atoms with Crippen LogP contribution >= 0.6 is 0 Å². The van der Waals surface area contributed by atoms with Crippen LogP contribution in [0.5, 0.6) is 0 Å². The number of benzene rings is 1. The van der Waals surface area contributed by atoms with E-state index in [2.05, 4.69) is 0 Å². The van der Waals surface area contributed by atoms with E-state index >= 15 is 0 Å². The van der Waals surface area contributed by atoms with Crippen LogP contribution in [0.4, 0.5) is 0 Å². The highest BCUT2D eigenvalue weighted by Crippen LogP contribution is 2.40. The summed E-state index contributed by atoms with van der Waals surface area (Å²) in [7, 11) is 0. The van der Waals surface area contributed by atoms with Crippen LogP contribution in [-0.2, 0) is 4.74 Å². The van der Waals surface area contributed by atoms with E-state index in [-0.39, 0.29) is 17.7 Å². The Bertz CT molecular complexity index is 727. The van der Waals surface area contributed by atoms with Gasteiger partial charge >= 0.3 is 0 Å². The molecule has 1 aromatic rings. The maximum Gasteiger partial charge on any atom is 0.194 e. The smallest absolute Gasteiger partial charge is 0.194 e. The van der Waals surface area contributed by atoms with Gasteiger partial charge in [-0.3, -0.25) is 9.59 Å². The van der Waals surface area contributed by atoms with Gasteiger partial charge in [0.05, 0.1) is 18.2 Å². The normalized spacial score (nSPS) is 30.2. The topological polar surface area (TPSA) is 72.7 Å². The van der Waals surface area contributed by atoms with Gasteiger partial charge in [0.1, 0.15) is 0 Å². The highest BCUT2D eigenvalue weighted by Gasteiger charge is 2.45. The summed E-state index contributed by atoms with van der Waals surface area (Å²) in [6.45, 7) is 0.685. The van der Waals surface area contributed by atoms with E-state index in [0.29, 0.717) is 41.7 Å². The predicted molar refractivity (Wildman–Crippen MR) is 77.2 cm³/mol.